The van der Waals surface area contributed by atoms with Gasteiger partial charge in [0.2, 0.25) is 0 Å². The van der Waals surface area contributed by atoms with Crippen LogP contribution in [0, 0.1) is 0 Å². The first-order chi connectivity index (χ1) is 16.1. The minimum atomic E-state index is -0.741. The smallest absolute Gasteiger partial charge is 0.411 e. The van der Waals surface area contributed by atoms with Gasteiger partial charge in [0.1, 0.15) is 6.61 Å². The maximum absolute atomic E-state index is 12.5. The van der Waals surface area contributed by atoms with Gasteiger partial charge in [-0.1, -0.05) is 61.0 Å². The van der Waals surface area contributed by atoms with E-state index in [-0.39, 0.29) is 18.9 Å². The van der Waals surface area contributed by atoms with E-state index in [4.69, 9.17) is 9.84 Å². The molecule has 0 atom stereocenters. The van der Waals surface area contributed by atoms with Crippen molar-refractivity contribution in [3.05, 3.63) is 83.9 Å². The van der Waals surface area contributed by atoms with E-state index in [9.17, 15) is 9.59 Å². The lowest BCUT2D eigenvalue weighted by molar-refractivity contribution is -0.137. The average Bonchev–Trinajstić information content (AvgIpc) is 3.14. The summed E-state index contributed by atoms with van der Waals surface area (Å²) in [6, 6.07) is 24.2. The van der Waals surface area contributed by atoms with E-state index < -0.39 is 12.1 Å². The van der Waals surface area contributed by atoms with Gasteiger partial charge >= 0.3 is 12.1 Å². The van der Waals surface area contributed by atoms with Gasteiger partial charge in [0.15, 0.2) is 0 Å². The second kappa shape index (κ2) is 11.1. The van der Waals surface area contributed by atoms with Gasteiger partial charge in [-0.25, -0.2) is 4.79 Å². The summed E-state index contributed by atoms with van der Waals surface area (Å²) in [6.45, 7) is 0.282. The Bertz CT molecular complexity index is 1080. The lowest BCUT2D eigenvalue weighted by Gasteiger charge is -2.15. The van der Waals surface area contributed by atoms with Crippen molar-refractivity contribution in [3.63, 3.8) is 0 Å². The molecule has 1 amide bonds. The molecule has 0 aliphatic heterocycles. The summed E-state index contributed by atoms with van der Waals surface area (Å²) in [4.78, 5) is 24.1. The molecular weight excluding hydrogens is 434 g/mol. The molecule has 0 aromatic heterocycles. The summed E-state index contributed by atoms with van der Waals surface area (Å²) in [5.74, 6) is 0.203. The Balaban J connectivity index is 1.28. The number of carboxylic acids is 1. The molecule has 0 unspecified atom stereocenters. The lowest BCUT2D eigenvalue weighted by atomic mass is 9.98. The van der Waals surface area contributed by atoms with Gasteiger partial charge in [-0.3, -0.25) is 10.1 Å². The van der Waals surface area contributed by atoms with E-state index in [0.717, 1.165) is 23.5 Å². The molecule has 2 N–H and O–H groups in total. The summed E-state index contributed by atoms with van der Waals surface area (Å²) < 4.78 is 5.62. The number of hydrogen-bond donors (Lipinski definition) is 2. The zero-order valence-corrected chi connectivity index (χ0v) is 19.1. The number of benzene rings is 3. The van der Waals surface area contributed by atoms with Crippen molar-refractivity contribution in [1.29, 1.82) is 0 Å². The minimum Gasteiger partial charge on any atom is -0.481 e. The van der Waals surface area contributed by atoms with E-state index in [0.29, 0.717) is 12.1 Å². The second-order valence-electron chi connectivity index (χ2n) is 8.03. The fraction of sp³-hybridized carbons (Fsp3) is 0.259. The molecule has 0 spiro atoms. The standard InChI is InChI=1S/C27H27NO4S/c29-26(30)15-2-1-7-16-33-20-10-8-9-19(17-20)28-27(31)32-18-25-23-13-5-3-11-21(23)22-12-4-6-14-24(22)25/h3-6,8-14,17,25H,1-2,7,15-16,18H2,(H,28,31)(H,29,30). The summed E-state index contributed by atoms with van der Waals surface area (Å²) in [6.07, 6.45) is 2.33. The highest BCUT2D eigenvalue weighted by atomic mass is 32.2. The van der Waals surface area contributed by atoms with Crippen LogP contribution in [0.1, 0.15) is 42.7 Å². The lowest BCUT2D eigenvalue weighted by Crippen LogP contribution is -2.17. The maximum atomic E-state index is 12.5. The van der Waals surface area contributed by atoms with Gasteiger partial charge in [0.25, 0.3) is 0 Å². The van der Waals surface area contributed by atoms with Crippen molar-refractivity contribution >= 4 is 29.5 Å². The molecule has 0 radical (unpaired) electrons. The zero-order chi connectivity index (χ0) is 23.0. The number of carbonyl (C=O) groups excluding carboxylic acids is 1. The van der Waals surface area contributed by atoms with Crippen molar-refractivity contribution in [2.75, 3.05) is 17.7 Å². The number of amides is 1. The highest BCUT2D eigenvalue weighted by molar-refractivity contribution is 7.99. The van der Waals surface area contributed by atoms with Crippen LogP contribution in [0.4, 0.5) is 10.5 Å². The third-order valence-electron chi connectivity index (χ3n) is 5.73. The van der Waals surface area contributed by atoms with Crippen LogP contribution in [0.2, 0.25) is 0 Å². The van der Waals surface area contributed by atoms with Crippen molar-refractivity contribution in [2.24, 2.45) is 0 Å². The summed E-state index contributed by atoms with van der Waals surface area (Å²) in [7, 11) is 0. The topological polar surface area (TPSA) is 75.6 Å². The number of rotatable bonds is 10. The van der Waals surface area contributed by atoms with Gasteiger partial charge in [-0.15, -0.1) is 11.8 Å². The summed E-state index contributed by atoms with van der Waals surface area (Å²) in [5.41, 5.74) is 5.48. The van der Waals surface area contributed by atoms with E-state index in [1.54, 1.807) is 11.8 Å². The number of fused-ring (bicyclic) bond motifs is 3. The molecule has 3 aromatic rings. The Morgan fingerprint density at radius 3 is 2.27 bits per heavy atom. The molecular formula is C27H27NO4S. The second-order valence-corrected chi connectivity index (χ2v) is 9.20. The minimum absolute atomic E-state index is 0.0335. The van der Waals surface area contributed by atoms with Crippen LogP contribution < -0.4 is 5.32 Å². The monoisotopic (exact) mass is 461 g/mol. The molecule has 5 nitrogen and oxygen atoms in total. The first-order valence-electron chi connectivity index (χ1n) is 11.2. The normalized spacial score (nSPS) is 12.1. The van der Waals surface area contributed by atoms with Gasteiger partial charge in [-0.05, 0) is 59.0 Å². The average molecular weight is 462 g/mol. The fourth-order valence-corrected chi connectivity index (χ4v) is 5.13. The molecule has 3 aromatic carbocycles. The molecule has 1 aliphatic rings. The van der Waals surface area contributed by atoms with Crippen molar-refractivity contribution in [2.45, 2.75) is 36.5 Å². The third kappa shape index (κ3) is 5.96. The van der Waals surface area contributed by atoms with E-state index in [2.05, 4.69) is 29.6 Å². The van der Waals surface area contributed by atoms with E-state index in [1.165, 1.54) is 22.3 Å². The Labute approximate surface area is 198 Å². The van der Waals surface area contributed by atoms with Crippen molar-refractivity contribution in [1.82, 2.24) is 0 Å². The van der Waals surface area contributed by atoms with Crippen LogP contribution in [-0.2, 0) is 9.53 Å². The number of hydrogen-bond acceptors (Lipinski definition) is 4. The largest absolute Gasteiger partial charge is 0.481 e. The van der Waals surface area contributed by atoms with Crippen LogP contribution in [0.25, 0.3) is 11.1 Å². The Morgan fingerprint density at radius 2 is 1.58 bits per heavy atom. The van der Waals surface area contributed by atoms with Crippen LogP contribution in [0.3, 0.4) is 0 Å². The molecule has 4 rings (SSSR count). The summed E-state index contributed by atoms with van der Waals surface area (Å²) in [5, 5.41) is 11.5. The first kappa shape index (κ1) is 22.9. The number of anilines is 1. The molecule has 0 heterocycles. The number of nitrogens with one attached hydrogen (secondary N) is 1. The molecule has 170 valence electrons. The van der Waals surface area contributed by atoms with Crippen LogP contribution in [-0.4, -0.2) is 29.5 Å². The number of thioether (sulfide) groups is 1. The maximum Gasteiger partial charge on any atom is 0.411 e. The SMILES string of the molecule is O=C(O)CCCCCSc1cccc(NC(=O)OCC2c3ccccc3-c3ccccc32)c1. The van der Waals surface area contributed by atoms with Crippen LogP contribution in [0.15, 0.2) is 77.7 Å². The highest BCUT2D eigenvalue weighted by Gasteiger charge is 2.28. The van der Waals surface area contributed by atoms with Crippen LogP contribution in [0.5, 0.6) is 0 Å². The highest BCUT2D eigenvalue weighted by Crippen LogP contribution is 2.44. The van der Waals surface area contributed by atoms with Crippen LogP contribution >= 0.6 is 11.8 Å². The van der Waals surface area contributed by atoms with E-state index >= 15 is 0 Å². The molecule has 0 bridgehead atoms. The molecule has 1 aliphatic carbocycles. The number of unbranched alkanes of at least 4 members (excludes halogenated alkanes) is 2. The Morgan fingerprint density at radius 1 is 0.879 bits per heavy atom. The van der Waals surface area contributed by atoms with Crippen molar-refractivity contribution < 1.29 is 19.4 Å². The molecule has 0 saturated heterocycles. The fourth-order valence-electron chi connectivity index (χ4n) is 4.16. The quantitative estimate of drug-likeness (QED) is 0.257. The van der Waals surface area contributed by atoms with Crippen molar-refractivity contribution in [3.8, 4) is 11.1 Å². The van der Waals surface area contributed by atoms with Gasteiger partial charge < -0.3 is 9.84 Å². The van der Waals surface area contributed by atoms with Gasteiger partial charge in [0.05, 0.1) is 0 Å². The number of aliphatic carboxylic acids is 1. The van der Waals surface area contributed by atoms with E-state index in [1.807, 2.05) is 48.5 Å². The first-order valence-corrected chi connectivity index (χ1v) is 12.2. The number of ether oxygens (including phenoxy) is 1. The Hall–Kier alpha value is -3.25. The number of carbonyl (C=O) groups is 2. The predicted octanol–water partition coefficient (Wildman–Crippen LogP) is 6.78. The molecule has 0 saturated carbocycles. The molecule has 0 fully saturated rings. The predicted molar refractivity (Wildman–Crippen MR) is 132 cm³/mol. The number of carboxylic acid groups (broad SMARTS) is 1. The third-order valence-corrected chi connectivity index (χ3v) is 6.81. The van der Waals surface area contributed by atoms with Gasteiger partial charge in [-0.2, -0.15) is 0 Å². The summed E-state index contributed by atoms with van der Waals surface area (Å²) >= 11 is 1.70. The van der Waals surface area contributed by atoms with Gasteiger partial charge in [0, 0.05) is 22.9 Å². The molecule has 33 heavy (non-hydrogen) atoms. The zero-order valence-electron chi connectivity index (χ0n) is 18.3. The Kier molecular flexibility index (Phi) is 7.68. The molecule has 6 heteroatoms.